The van der Waals surface area contributed by atoms with Crippen LogP contribution in [0.2, 0.25) is 0 Å². The van der Waals surface area contributed by atoms with E-state index in [1.165, 1.54) is 49.0 Å². The Balaban J connectivity index is 1.17. The standard InChI is InChI=1S/C32H33N3O2/c1-20-12-25(16-29-30(36)35(31(37)33-29)27-6-4-3-5-7-27)21(2)34(20)28-10-8-26(9-11-28)32-17-22-13-23(18-32)15-24(14-22)19-32/h3-12,16,22-24H,13-15,17-19H2,1-2H3,(H,33,37)/b29-16+. The normalized spacial score (nSPS) is 29.4. The Labute approximate surface area is 218 Å². The summed E-state index contributed by atoms with van der Waals surface area (Å²) in [4.78, 5) is 26.8. The quantitative estimate of drug-likeness (QED) is 0.328. The third-order valence-corrected chi connectivity index (χ3v) is 9.44. The van der Waals surface area contributed by atoms with E-state index in [-0.39, 0.29) is 5.91 Å². The van der Waals surface area contributed by atoms with Crippen LogP contribution >= 0.6 is 0 Å². The van der Waals surface area contributed by atoms with Gasteiger partial charge in [-0.05, 0) is 123 Å². The molecule has 2 heterocycles. The number of anilines is 1. The molecule has 0 unspecified atom stereocenters. The fourth-order valence-electron chi connectivity index (χ4n) is 8.26. The molecule has 0 radical (unpaired) electrons. The molecule has 188 valence electrons. The molecule has 3 amide bonds. The van der Waals surface area contributed by atoms with Gasteiger partial charge >= 0.3 is 6.03 Å². The van der Waals surface area contributed by atoms with Gasteiger partial charge in [-0.2, -0.15) is 0 Å². The lowest BCUT2D eigenvalue weighted by Crippen LogP contribution is -2.48. The van der Waals surface area contributed by atoms with Crippen molar-refractivity contribution in [3.63, 3.8) is 0 Å². The van der Waals surface area contributed by atoms with Gasteiger partial charge in [0.1, 0.15) is 5.70 Å². The number of para-hydroxylation sites is 1. The average molecular weight is 492 g/mol. The smallest absolute Gasteiger partial charge is 0.318 e. The summed E-state index contributed by atoms with van der Waals surface area (Å²) in [7, 11) is 0. The van der Waals surface area contributed by atoms with E-state index in [4.69, 9.17) is 0 Å². The predicted molar refractivity (Wildman–Crippen MR) is 146 cm³/mol. The summed E-state index contributed by atoms with van der Waals surface area (Å²) >= 11 is 0. The van der Waals surface area contributed by atoms with Crippen LogP contribution in [0.4, 0.5) is 10.5 Å². The maximum absolute atomic E-state index is 13.1. The maximum atomic E-state index is 13.1. The van der Waals surface area contributed by atoms with E-state index in [0.29, 0.717) is 16.8 Å². The molecule has 4 bridgehead atoms. The molecule has 1 saturated heterocycles. The van der Waals surface area contributed by atoms with Crippen molar-refractivity contribution in [3.05, 3.63) is 88.9 Å². The van der Waals surface area contributed by atoms with Gasteiger partial charge in [0.05, 0.1) is 5.69 Å². The summed E-state index contributed by atoms with van der Waals surface area (Å²) in [5, 5.41) is 2.76. The van der Waals surface area contributed by atoms with Gasteiger partial charge in [0.25, 0.3) is 5.91 Å². The second-order valence-electron chi connectivity index (χ2n) is 11.9. The van der Waals surface area contributed by atoms with E-state index < -0.39 is 6.03 Å². The number of aromatic nitrogens is 1. The van der Waals surface area contributed by atoms with Crippen LogP contribution in [0.1, 0.15) is 61.0 Å². The predicted octanol–water partition coefficient (Wildman–Crippen LogP) is 6.66. The van der Waals surface area contributed by atoms with Gasteiger partial charge < -0.3 is 9.88 Å². The van der Waals surface area contributed by atoms with Gasteiger partial charge in [-0.25, -0.2) is 9.69 Å². The second-order valence-corrected chi connectivity index (χ2v) is 11.9. The highest BCUT2D eigenvalue weighted by molar-refractivity contribution is 6.28. The summed E-state index contributed by atoms with van der Waals surface area (Å²) in [6.45, 7) is 4.16. The van der Waals surface area contributed by atoms with Gasteiger partial charge in [-0.15, -0.1) is 0 Å². The van der Waals surface area contributed by atoms with E-state index in [9.17, 15) is 9.59 Å². The van der Waals surface area contributed by atoms with Crippen molar-refractivity contribution in [3.8, 4) is 5.69 Å². The molecular formula is C32H33N3O2. The van der Waals surface area contributed by atoms with Crippen LogP contribution in [0.15, 0.2) is 66.4 Å². The fourth-order valence-corrected chi connectivity index (χ4v) is 8.26. The summed E-state index contributed by atoms with van der Waals surface area (Å²) in [5.41, 5.74) is 7.01. The van der Waals surface area contributed by atoms with E-state index in [2.05, 4.69) is 54.1 Å². The van der Waals surface area contributed by atoms with Crippen LogP contribution in [0.25, 0.3) is 11.8 Å². The first kappa shape index (κ1) is 22.6. The van der Waals surface area contributed by atoms with Gasteiger partial charge in [0, 0.05) is 17.1 Å². The molecule has 2 aromatic carbocycles. The minimum absolute atomic E-state index is 0.297. The van der Waals surface area contributed by atoms with Crippen molar-refractivity contribution in [1.82, 2.24) is 9.88 Å². The van der Waals surface area contributed by atoms with Crippen molar-refractivity contribution >= 4 is 23.7 Å². The van der Waals surface area contributed by atoms with Gasteiger partial charge in [-0.1, -0.05) is 30.3 Å². The lowest BCUT2D eigenvalue weighted by molar-refractivity contribution is -0.113. The summed E-state index contributed by atoms with van der Waals surface area (Å²) < 4.78 is 2.24. The van der Waals surface area contributed by atoms with E-state index in [1.807, 2.05) is 18.2 Å². The Bertz CT molecular complexity index is 1400. The molecule has 1 N–H and O–H groups in total. The Kier molecular flexibility index (Phi) is 5.01. The van der Waals surface area contributed by atoms with Crippen molar-refractivity contribution < 1.29 is 9.59 Å². The van der Waals surface area contributed by atoms with E-state index in [0.717, 1.165) is 40.4 Å². The van der Waals surface area contributed by atoms with Crippen molar-refractivity contribution in [2.45, 2.75) is 57.8 Å². The summed E-state index contributed by atoms with van der Waals surface area (Å²) in [6, 6.07) is 20.0. The average Bonchev–Trinajstić information content (AvgIpc) is 3.32. The number of aryl methyl sites for hydroxylation is 1. The van der Waals surface area contributed by atoms with Crippen LogP contribution in [0.5, 0.6) is 0 Å². The number of benzene rings is 2. The third-order valence-electron chi connectivity index (χ3n) is 9.44. The summed E-state index contributed by atoms with van der Waals surface area (Å²) in [6.07, 6.45) is 10.3. The van der Waals surface area contributed by atoms with Crippen LogP contribution in [0.3, 0.4) is 0 Å². The highest BCUT2D eigenvalue weighted by atomic mass is 16.2. The lowest BCUT2D eigenvalue weighted by atomic mass is 9.48. The first-order valence-corrected chi connectivity index (χ1v) is 13.6. The summed E-state index contributed by atoms with van der Waals surface area (Å²) in [5.74, 6) is 2.48. The van der Waals surface area contributed by atoms with E-state index >= 15 is 0 Å². The number of nitrogens with one attached hydrogen (secondary N) is 1. The van der Waals surface area contributed by atoms with Crippen molar-refractivity contribution in [2.24, 2.45) is 17.8 Å². The molecule has 1 aliphatic heterocycles. The first-order chi connectivity index (χ1) is 17.9. The van der Waals surface area contributed by atoms with Crippen LogP contribution in [-0.4, -0.2) is 16.5 Å². The zero-order valence-electron chi connectivity index (χ0n) is 21.5. The zero-order chi connectivity index (χ0) is 25.3. The second kappa shape index (κ2) is 8.20. The highest BCUT2D eigenvalue weighted by Gasteiger charge is 2.51. The fraction of sp³-hybridized carbons (Fsp3) is 0.375. The van der Waals surface area contributed by atoms with Crippen molar-refractivity contribution in [1.29, 1.82) is 0 Å². The number of amides is 3. The highest BCUT2D eigenvalue weighted by Crippen LogP contribution is 2.60. The first-order valence-electron chi connectivity index (χ1n) is 13.6. The number of rotatable bonds is 4. The molecule has 3 aromatic rings. The molecule has 8 rings (SSSR count). The number of carbonyl (C=O) groups excluding carboxylic acids is 2. The van der Waals surface area contributed by atoms with Gasteiger partial charge in [0.15, 0.2) is 0 Å². The molecule has 4 saturated carbocycles. The number of imide groups is 1. The van der Waals surface area contributed by atoms with Crippen LogP contribution in [0, 0.1) is 31.6 Å². The van der Waals surface area contributed by atoms with E-state index in [1.54, 1.807) is 18.2 Å². The Morgan fingerprint density at radius 1 is 0.838 bits per heavy atom. The molecule has 4 aliphatic carbocycles. The Morgan fingerprint density at radius 3 is 2.08 bits per heavy atom. The minimum atomic E-state index is -0.420. The molecule has 0 spiro atoms. The van der Waals surface area contributed by atoms with Crippen molar-refractivity contribution in [2.75, 3.05) is 4.90 Å². The zero-order valence-corrected chi connectivity index (χ0v) is 21.5. The number of hydrogen-bond donors (Lipinski definition) is 1. The Hall–Kier alpha value is -3.60. The van der Waals surface area contributed by atoms with Crippen LogP contribution < -0.4 is 10.2 Å². The molecular weight excluding hydrogens is 458 g/mol. The maximum Gasteiger partial charge on any atom is 0.333 e. The number of carbonyl (C=O) groups is 2. The molecule has 1 aromatic heterocycles. The molecule has 5 aliphatic rings. The molecule has 0 atom stereocenters. The molecule has 5 heteroatoms. The SMILES string of the molecule is Cc1cc(/C=C2/NC(=O)N(c3ccccc3)C2=O)c(C)n1-c1ccc(C23CC4CC(CC(C4)C2)C3)cc1. The van der Waals surface area contributed by atoms with Gasteiger partial charge in [-0.3, -0.25) is 4.79 Å². The monoisotopic (exact) mass is 491 g/mol. The number of nitrogens with zero attached hydrogens (tertiary/aromatic N) is 2. The Morgan fingerprint density at radius 2 is 1.46 bits per heavy atom. The lowest BCUT2D eigenvalue weighted by Gasteiger charge is -2.57. The van der Waals surface area contributed by atoms with Crippen LogP contribution in [-0.2, 0) is 10.2 Å². The largest absolute Gasteiger partial charge is 0.333 e. The van der Waals surface area contributed by atoms with Gasteiger partial charge in [0.2, 0.25) is 0 Å². The molecule has 5 nitrogen and oxygen atoms in total. The third kappa shape index (κ3) is 3.58. The number of hydrogen-bond acceptors (Lipinski definition) is 2. The molecule has 5 fully saturated rings. The topological polar surface area (TPSA) is 54.3 Å². The molecule has 37 heavy (non-hydrogen) atoms. The minimum Gasteiger partial charge on any atom is -0.318 e. The number of urea groups is 1.